The maximum Gasteiger partial charge on any atom is 0.245 e. The standard InChI is InChI=1S/C45H73N11O9S/c1-26(2)23-34(38(46)59)54-42(63)36(25-57)55-43(64)37-31(30-15-10-7-11-16-30)18-21-56(37)44(65)33(19-22-66-5)53-39(60)27(3)50-40(61)32(17-12-20-49-45(47)48)52-41(62)35(51-28(4)58)24-29-13-8-6-9-14-29/h7,10-11,15-16,26-27,29,31-37,57H,6,8-9,12-14,17-25H2,1-5H3,(H2,46,59)(H,50,61)(H,51,58)(H,52,62)(H,53,60)(H,54,63)(H,55,64)(H4,47,48,49)/t27-,31?,32-,33-,34-,35-,36-,37-/m0/s1. The number of nitrogens with zero attached hydrogens (tertiary/aromatic N) is 2. The van der Waals surface area contributed by atoms with Gasteiger partial charge in [0.25, 0.3) is 0 Å². The van der Waals surface area contributed by atoms with Crippen molar-refractivity contribution in [2.24, 2.45) is 34.0 Å². The normalized spacial score (nSPS) is 18.9. The zero-order chi connectivity index (χ0) is 48.9. The van der Waals surface area contributed by atoms with Gasteiger partial charge < -0.3 is 59.1 Å². The van der Waals surface area contributed by atoms with Crippen molar-refractivity contribution in [3.05, 3.63) is 35.9 Å². The van der Waals surface area contributed by atoms with Gasteiger partial charge in [-0.15, -0.1) is 0 Å². The van der Waals surface area contributed by atoms with E-state index < -0.39 is 96.2 Å². The van der Waals surface area contributed by atoms with Crippen LogP contribution in [0.1, 0.15) is 110 Å². The van der Waals surface area contributed by atoms with Crippen LogP contribution in [0.4, 0.5) is 0 Å². The number of amides is 8. The molecule has 66 heavy (non-hydrogen) atoms. The first-order valence-electron chi connectivity index (χ1n) is 23.0. The van der Waals surface area contributed by atoms with Gasteiger partial charge in [-0.25, -0.2) is 0 Å². The van der Waals surface area contributed by atoms with Crippen LogP contribution in [0, 0.1) is 11.8 Å². The summed E-state index contributed by atoms with van der Waals surface area (Å²) in [5, 5.41) is 26.3. The van der Waals surface area contributed by atoms with Gasteiger partial charge in [0.1, 0.15) is 42.3 Å². The van der Waals surface area contributed by atoms with Crippen molar-refractivity contribution in [3.63, 3.8) is 0 Å². The third kappa shape index (κ3) is 17.7. The van der Waals surface area contributed by atoms with Gasteiger partial charge in [-0.2, -0.15) is 11.8 Å². The molecule has 8 atom stereocenters. The van der Waals surface area contributed by atoms with Gasteiger partial charge in [0, 0.05) is 25.9 Å². The molecule has 21 heteroatoms. The second-order valence-corrected chi connectivity index (χ2v) is 18.7. The molecule has 13 N–H and O–H groups in total. The van der Waals surface area contributed by atoms with Crippen LogP contribution in [0.5, 0.6) is 0 Å². The van der Waals surface area contributed by atoms with E-state index >= 15 is 0 Å². The van der Waals surface area contributed by atoms with Crippen molar-refractivity contribution in [2.75, 3.05) is 31.7 Å². The van der Waals surface area contributed by atoms with Crippen LogP contribution in [0.15, 0.2) is 35.3 Å². The number of aliphatic imine (C=N–C) groups is 1. The van der Waals surface area contributed by atoms with E-state index in [4.69, 9.17) is 17.2 Å². The maximum absolute atomic E-state index is 14.6. The molecule has 1 aliphatic heterocycles. The molecule has 368 valence electrons. The Balaban J connectivity index is 1.83. The van der Waals surface area contributed by atoms with Crippen LogP contribution in [0.25, 0.3) is 0 Å². The Bertz CT molecular complexity index is 1830. The van der Waals surface area contributed by atoms with Gasteiger partial charge in [0.2, 0.25) is 47.3 Å². The van der Waals surface area contributed by atoms with E-state index in [0.29, 0.717) is 25.0 Å². The van der Waals surface area contributed by atoms with E-state index in [1.807, 2.05) is 38.3 Å². The summed E-state index contributed by atoms with van der Waals surface area (Å²) in [6.07, 6.45) is 8.43. The summed E-state index contributed by atoms with van der Waals surface area (Å²) < 4.78 is 0. The zero-order valence-electron chi connectivity index (χ0n) is 39.0. The van der Waals surface area contributed by atoms with Crippen LogP contribution in [-0.4, -0.2) is 137 Å². The number of nitrogens with two attached hydrogens (primary N) is 3. The highest BCUT2D eigenvalue weighted by atomic mass is 32.2. The fourth-order valence-electron chi connectivity index (χ4n) is 8.50. The van der Waals surface area contributed by atoms with Crippen molar-refractivity contribution in [3.8, 4) is 0 Å². The lowest BCUT2D eigenvalue weighted by Crippen LogP contribution is -2.60. The minimum Gasteiger partial charge on any atom is -0.394 e. The first-order valence-corrected chi connectivity index (χ1v) is 24.3. The topological polar surface area (TPSA) is 323 Å². The molecule has 1 saturated carbocycles. The predicted octanol–water partition coefficient (Wildman–Crippen LogP) is -0.379. The largest absolute Gasteiger partial charge is 0.394 e. The molecule has 0 radical (unpaired) electrons. The number of guanidine groups is 1. The second kappa shape index (κ2) is 27.9. The molecule has 1 aromatic rings. The Hall–Kier alpha value is -5.44. The van der Waals surface area contributed by atoms with Gasteiger partial charge in [-0.05, 0) is 74.9 Å². The molecule has 1 aliphatic carbocycles. The van der Waals surface area contributed by atoms with Crippen molar-refractivity contribution in [1.29, 1.82) is 0 Å². The molecule has 20 nitrogen and oxygen atoms in total. The Labute approximate surface area is 392 Å². The number of aliphatic hydroxyl groups is 1. The molecule has 1 unspecified atom stereocenters. The number of rotatable bonds is 26. The third-order valence-electron chi connectivity index (χ3n) is 11.9. The van der Waals surface area contributed by atoms with Crippen LogP contribution in [0.2, 0.25) is 0 Å². The first kappa shape index (κ1) is 54.9. The molecule has 2 aliphatic rings. The average molecular weight is 944 g/mol. The predicted molar refractivity (Wildman–Crippen MR) is 252 cm³/mol. The number of hydrogen-bond acceptors (Lipinski definition) is 11. The van der Waals surface area contributed by atoms with Gasteiger partial charge in [-0.3, -0.25) is 43.3 Å². The second-order valence-electron chi connectivity index (χ2n) is 17.7. The number of carbonyl (C=O) groups is 8. The minimum absolute atomic E-state index is 0.00312. The summed E-state index contributed by atoms with van der Waals surface area (Å²) in [6.45, 7) is 5.92. The molecule has 2 fully saturated rings. The molecular formula is C45H73N11O9S. The Kier molecular flexibility index (Phi) is 23.2. The highest BCUT2D eigenvalue weighted by molar-refractivity contribution is 7.98. The monoisotopic (exact) mass is 944 g/mol. The SMILES string of the molecule is CSCC[C@H](NC(=O)[C@H](C)NC(=O)[C@H](CCCN=C(N)N)NC(=O)[C@H](CC1CCCCC1)NC(C)=O)C(=O)N1CCC(c2ccccc2)[C@H]1C(=O)N[C@@H](CO)C(=O)N[C@@H](CC(C)C)C(N)=O. The summed E-state index contributed by atoms with van der Waals surface area (Å²) in [4.78, 5) is 113. The molecular weight excluding hydrogens is 871 g/mol. The van der Waals surface area contributed by atoms with Crippen LogP contribution < -0.4 is 49.1 Å². The lowest BCUT2D eigenvalue weighted by molar-refractivity contribution is -0.143. The summed E-state index contributed by atoms with van der Waals surface area (Å²) in [5.74, 6) is -5.21. The maximum atomic E-state index is 14.6. The Morgan fingerprint density at radius 1 is 0.758 bits per heavy atom. The van der Waals surface area contributed by atoms with E-state index in [2.05, 4.69) is 36.9 Å². The highest BCUT2D eigenvalue weighted by Crippen LogP contribution is 2.35. The van der Waals surface area contributed by atoms with Crippen molar-refractivity contribution in [1.82, 2.24) is 36.8 Å². The summed E-state index contributed by atoms with van der Waals surface area (Å²) in [6, 6.07) is 0.993. The number of carbonyl (C=O) groups excluding carboxylic acids is 8. The lowest BCUT2D eigenvalue weighted by atomic mass is 9.84. The van der Waals surface area contributed by atoms with Crippen molar-refractivity contribution >= 4 is 65.0 Å². The van der Waals surface area contributed by atoms with Gasteiger partial charge in [0.05, 0.1) is 6.61 Å². The number of thioether (sulfide) groups is 1. The molecule has 0 aromatic heterocycles. The van der Waals surface area contributed by atoms with Crippen molar-refractivity contribution < 1.29 is 43.5 Å². The average Bonchev–Trinajstić information content (AvgIpc) is 3.72. The number of aliphatic hydroxyl groups excluding tert-OH is 1. The number of hydrogen-bond donors (Lipinski definition) is 10. The number of likely N-dealkylation sites (tertiary alicyclic amines) is 1. The van der Waals surface area contributed by atoms with Crippen LogP contribution in [0.3, 0.4) is 0 Å². The first-order chi connectivity index (χ1) is 31.4. The minimum atomic E-state index is -1.48. The van der Waals surface area contributed by atoms with Gasteiger partial charge in [-0.1, -0.05) is 76.3 Å². The summed E-state index contributed by atoms with van der Waals surface area (Å²) >= 11 is 1.44. The third-order valence-corrected chi connectivity index (χ3v) is 12.5. The zero-order valence-corrected chi connectivity index (χ0v) is 39.8. The van der Waals surface area contributed by atoms with E-state index in [1.54, 1.807) is 12.1 Å². The van der Waals surface area contributed by atoms with E-state index in [-0.39, 0.29) is 56.1 Å². The fraction of sp³-hybridized carbons (Fsp3) is 0.667. The quantitative estimate of drug-likeness (QED) is 0.0323. The van der Waals surface area contributed by atoms with E-state index in [1.165, 1.54) is 30.5 Å². The smallest absolute Gasteiger partial charge is 0.245 e. The van der Waals surface area contributed by atoms with Crippen LogP contribution >= 0.6 is 11.8 Å². The van der Waals surface area contributed by atoms with E-state index in [0.717, 1.165) is 37.7 Å². The fourth-order valence-corrected chi connectivity index (χ4v) is 8.97. The molecule has 8 amide bonds. The number of benzene rings is 1. The summed E-state index contributed by atoms with van der Waals surface area (Å²) in [7, 11) is 0. The molecule has 0 bridgehead atoms. The van der Waals surface area contributed by atoms with Crippen molar-refractivity contribution in [2.45, 2.75) is 147 Å². The van der Waals surface area contributed by atoms with Gasteiger partial charge in [0.15, 0.2) is 5.96 Å². The Morgan fingerprint density at radius 3 is 1.97 bits per heavy atom. The van der Waals surface area contributed by atoms with E-state index in [9.17, 15) is 43.5 Å². The van der Waals surface area contributed by atoms with Gasteiger partial charge >= 0.3 is 0 Å². The van der Waals surface area contributed by atoms with Crippen LogP contribution in [-0.2, 0) is 38.4 Å². The molecule has 1 saturated heterocycles. The lowest BCUT2D eigenvalue weighted by Gasteiger charge is -2.32. The Morgan fingerprint density at radius 2 is 1.38 bits per heavy atom. The number of nitrogens with one attached hydrogen (secondary N) is 6. The summed E-state index contributed by atoms with van der Waals surface area (Å²) in [5.41, 5.74) is 17.3. The highest BCUT2D eigenvalue weighted by Gasteiger charge is 2.45. The number of primary amides is 1. The molecule has 0 spiro atoms. The molecule has 1 heterocycles. The molecule has 1 aromatic carbocycles. The molecule has 3 rings (SSSR count).